The first-order valence-corrected chi connectivity index (χ1v) is 5.92. The molecular formula is C13H10ClFN2O2. The monoisotopic (exact) mass is 280 g/mol. The average Bonchev–Trinajstić information content (AvgIpc) is 2.83. The molecule has 0 bridgehead atoms. The third-order valence-corrected chi connectivity index (χ3v) is 3.03. The summed E-state index contributed by atoms with van der Waals surface area (Å²) in [5.41, 5.74) is 7.29. The van der Waals surface area contributed by atoms with E-state index in [4.69, 9.17) is 26.8 Å². The van der Waals surface area contributed by atoms with Crippen LogP contribution in [0.1, 0.15) is 0 Å². The van der Waals surface area contributed by atoms with Crippen LogP contribution in [-0.4, -0.2) is 6.79 Å². The lowest BCUT2D eigenvalue weighted by Crippen LogP contribution is -1.97. The van der Waals surface area contributed by atoms with Gasteiger partial charge in [0.05, 0.1) is 16.4 Å². The van der Waals surface area contributed by atoms with Gasteiger partial charge >= 0.3 is 0 Å². The normalized spacial score (nSPS) is 12.5. The fraction of sp³-hybridized carbons (Fsp3) is 0.0769. The fourth-order valence-corrected chi connectivity index (χ4v) is 1.96. The number of halogens is 2. The Morgan fingerprint density at radius 2 is 1.95 bits per heavy atom. The Morgan fingerprint density at radius 1 is 1.16 bits per heavy atom. The molecule has 0 saturated heterocycles. The third kappa shape index (κ3) is 2.24. The minimum Gasteiger partial charge on any atom is -0.454 e. The topological polar surface area (TPSA) is 56.5 Å². The predicted molar refractivity (Wildman–Crippen MR) is 71.7 cm³/mol. The van der Waals surface area contributed by atoms with E-state index in [9.17, 15) is 4.39 Å². The van der Waals surface area contributed by atoms with E-state index in [-0.39, 0.29) is 17.5 Å². The average molecular weight is 281 g/mol. The van der Waals surface area contributed by atoms with Crippen LogP contribution in [0, 0.1) is 5.82 Å². The summed E-state index contributed by atoms with van der Waals surface area (Å²) in [5, 5.41) is 3.07. The highest BCUT2D eigenvalue weighted by Gasteiger charge is 2.14. The Balaban J connectivity index is 1.91. The summed E-state index contributed by atoms with van der Waals surface area (Å²) in [6.07, 6.45) is 0. The summed E-state index contributed by atoms with van der Waals surface area (Å²) in [6, 6.07) is 7.99. The van der Waals surface area contributed by atoms with E-state index in [0.717, 1.165) is 5.69 Å². The minimum absolute atomic E-state index is 0.0115. The van der Waals surface area contributed by atoms with Crippen molar-refractivity contribution in [3.05, 3.63) is 41.2 Å². The van der Waals surface area contributed by atoms with E-state index in [1.807, 2.05) is 6.07 Å². The largest absolute Gasteiger partial charge is 0.454 e. The number of nitrogens with one attached hydrogen (secondary N) is 1. The molecule has 0 atom stereocenters. The smallest absolute Gasteiger partial charge is 0.231 e. The summed E-state index contributed by atoms with van der Waals surface area (Å²) < 4.78 is 23.7. The molecule has 1 aliphatic heterocycles. The van der Waals surface area contributed by atoms with Gasteiger partial charge < -0.3 is 20.5 Å². The Kier molecular flexibility index (Phi) is 2.83. The van der Waals surface area contributed by atoms with Crippen molar-refractivity contribution >= 4 is 28.7 Å². The molecule has 98 valence electrons. The number of fused-ring (bicyclic) bond motifs is 1. The maximum Gasteiger partial charge on any atom is 0.231 e. The van der Waals surface area contributed by atoms with Crippen molar-refractivity contribution in [2.24, 2.45) is 0 Å². The molecule has 0 aliphatic carbocycles. The summed E-state index contributed by atoms with van der Waals surface area (Å²) in [5.74, 6) is 0.794. The van der Waals surface area contributed by atoms with E-state index in [1.54, 1.807) is 12.1 Å². The Labute approximate surface area is 113 Å². The molecule has 0 spiro atoms. The first kappa shape index (κ1) is 11.9. The molecule has 19 heavy (non-hydrogen) atoms. The first-order chi connectivity index (χ1) is 9.13. The number of ether oxygens (including phenoxy) is 2. The lowest BCUT2D eigenvalue weighted by molar-refractivity contribution is 0.174. The molecule has 0 aromatic heterocycles. The zero-order valence-corrected chi connectivity index (χ0v) is 10.5. The van der Waals surface area contributed by atoms with Gasteiger partial charge in [-0.3, -0.25) is 0 Å². The second kappa shape index (κ2) is 4.51. The van der Waals surface area contributed by atoms with Gasteiger partial charge in [-0.1, -0.05) is 11.6 Å². The van der Waals surface area contributed by atoms with Crippen LogP contribution in [0.2, 0.25) is 5.02 Å². The number of nitrogens with two attached hydrogens (primary N) is 1. The highest BCUT2D eigenvalue weighted by atomic mass is 35.5. The minimum atomic E-state index is -0.546. The zero-order chi connectivity index (χ0) is 13.4. The van der Waals surface area contributed by atoms with Gasteiger partial charge in [0.1, 0.15) is 5.82 Å². The summed E-state index contributed by atoms with van der Waals surface area (Å²) in [7, 11) is 0. The molecular weight excluding hydrogens is 271 g/mol. The van der Waals surface area contributed by atoms with E-state index in [2.05, 4.69) is 5.32 Å². The van der Waals surface area contributed by atoms with E-state index >= 15 is 0 Å². The Hall–Kier alpha value is -2.14. The Morgan fingerprint density at radius 3 is 2.79 bits per heavy atom. The van der Waals surface area contributed by atoms with Crippen LogP contribution in [0.4, 0.5) is 21.5 Å². The van der Waals surface area contributed by atoms with Gasteiger partial charge in [0.2, 0.25) is 6.79 Å². The molecule has 3 N–H and O–H groups in total. The third-order valence-electron chi connectivity index (χ3n) is 2.74. The number of hydrogen-bond donors (Lipinski definition) is 2. The molecule has 0 amide bonds. The number of nitrogen functional groups attached to an aromatic ring is 1. The molecule has 1 heterocycles. The van der Waals surface area contributed by atoms with Gasteiger partial charge in [0.15, 0.2) is 11.5 Å². The van der Waals surface area contributed by atoms with Gasteiger partial charge in [-0.15, -0.1) is 0 Å². The highest BCUT2D eigenvalue weighted by Crippen LogP contribution is 2.36. The van der Waals surface area contributed by atoms with E-state index in [1.165, 1.54) is 12.1 Å². The van der Waals surface area contributed by atoms with Crippen molar-refractivity contribution < 1.29 is 13.9 Å². The number of anilines is 3. The second-order valence-corrected chi connectivity index (χ2v) is 4.45. The maximum absolute atomic E-state index is 13.2. The van der Waals surface area contributed by atoms with Crippen LogP contribution in [0.15, 0.2) is 30.3 Å². The predicted octanol–water partition coefficient (Wildman–Crippen LogP) is 3.53. The molecule has 0 radical (unpaired) electrons. The van der Waals surface area contributed by atoms with Gasteiger partial charge in [-0.2, -0.15) is 0 Å². The molecule has 2 aromatic carbocycles. The molecule has 1 aliphatic rings. The van der Waals surface area contributed by atoms with Crippen LogP contribution in [0.3, 0.4) is 0 Å². The number of rotatable bonds is 2. The van der Waals surface area contributed by atoms with Crippen molar-refractivity contribution in [3.63, 3.8) is 0 Å². The van der Waals surface area contributed by atoms with Gasteiger partial charge in [0, 0.05) is 17.8 Å². The first-order valence-electron chi connectivity index (χ1n) is 5.54. The van der Waals surface area contributed by atoms with Crippen molar-refractivity contribution in [2.45, 2.75) is 0 Å². The summed E-state index contributed by atoms with van der Waals surface area (Å²) in [6.45, 7) is 0.212. The standard InChI is InChI=1S/C13H10ClFN2O2/c14-8-4-11(10(16)5-9(8)15)17-7-1-2-12-13(3-7)19-6-18-12/h1-5,17H,6,16H2. The molecule has 2 aromatic rings. The molecule has 6 heteroatoms. The lowest BCUT2D eigenvalue weighted by Gasteiger charge is -2.10. The van der Waals surface area contributed by atoms with Gasteiger partial charge in [0.25, 0.3) is 0 Å². The SMILES string of the molecule is Nc1cc(F)c(Cl)cc1Nc1ccc2c(c1)OCO2. The van der Waals surface area contributed by atoms with Crippen molar-refractivity contribution in [1.82, 2.24) is 0 Å². The van der Waals surface area contributed by atoms with E-state index in [0.29, 0.717) is 17.2 Å². The molecule has 0 saturated carbocycles. The summed E-state index contributed by atoms with van der Waals surface area (Å²) in [4.78, 5) is 0. The zero-order valence-electron chi connectivity index (χ0n) is 9.74. The fourth-order valence-electron chi connectivity index (χ4n) is 1.80. The molecule has 0 unspecified atom stereocenters. The second-order valence-electron chi connectivity index (χ2n) is 4.05. The number of hydrogen-bond acceptors (Lipinski definition) is 4. The van der Waals surface area contributed by atoms with Crippen molar-refractivity contribution in [1.29, 1.82) is 0 Å². The van der Waals surface area contributed by atoms with Crippen LogP contribution in [-0.2, 0) is 0 Å². The van der Waals surface area contributed by atoms with Gasteiger partial charge in [-0.25, -0.2) is 4.39 Å². The van der Waals surface area contributed by atoms with Crippen LogP contribution < -0.4 is 20.5 Å². The van der Waals surface area contributed by atoms with E-state index < -0.39 is 5.82 Å². The lowest BCUT2D eigenvalue weighted by atomic mass is 10.2. The van der Waals surface area contributed by atoms with Gasteiger partial charge in [-0.05, 0) is 18.2 Å². The highest BCUT2D eigenvalue weighted by molar-refractivity contribution is 6.31. The molecule has 4 nitrogen and oxygen atoms in total. The maximum atomic E-state index is 13.2. The van der Waals surface area contributed by atoms with Crippen LogP contribution in [0.5, 0.6) is 11.5 Å². The quantitative estimate of drug-likeness (QED) is 0.826. The van der Waals surface area contributed by atoms with Crippen molar-refractivity contribution in [3.8, 4) is 11.5 Å². The molecule has 0 fully saturated rings. The molecule has 3 rings (SSSR count). The van der Waals surface area contributed by atoms with Crippen molar-refractivity contribution in [2.75, 3.05) is 17.8 Å². The Bertz CT molecular complexity index is 649. The van der Waals surface area contributed by atoms with Crippen LogP contribution in [0.25, 0.3) is 0 Å². The number of benzene rings is 2. The summed E-state index contributed by atoms with van der Waals surface area (Å²) >= 11 is 5.73. The van der Waals surface area contributed by atoms with Crippen LogP contribution >= 0.6 is 11.6 Å².